The zero-order valence-corrected chi connectivity index (χ0v) is 39.6. The Kier molecular flexibility index (Phi) is 47.7. The van der Waals surface area contributed by atoms with E-state index in [9.17, 15) is 9.59 Å². The Balaban J connectivity index is 4.51. The Hall–Kier alpha value is -4.22. The average Bonchev–Trinajstić information content (AvgIpc) is 3.27. The van der Waals surface area contributed by atoms with Crippen LogP contribution in [0.5, 0.6) is 0 Å². The van der Waals surface area contributed by atoms with Gasteiger partial charge >= 0.3 is 11.9 Å². The van der Waals surface area contributed by atoms with Crippen molar-refractivity contribution in [1.29, 1.82) is 0 Å². The molecule has 0 saturated carbocycles. The molecule has 0 N–H and O–H groups in total. The van der Waals surface area contributed by atoms with Gasteiger partial charge in [-0.25, -0.2) is 0 Å². The second-order valence-corrected chi connectivity index (χ2v) is 15.2. The summed E-state index contributed by atoms with van der Waals surface area (Å²) in [6, 6.07) is 0. The maximum absolute atomic E-state index is 12.8. The lowest BCUT2D eigenvalue weighted by molar-refractivity contribution is -0.162. The Bertz CT molecular complexity index is 1380. The maximum Gasteiger partial charge on any atom is 0.306 e. The number of hydrogen-bond donors (Lipinski definition) is 0. The van der Waals surface area contributed by atoms with Crippen molar-refractivity contribution in [2.45, 2.75) is 181 Å². The van der Waals surface area contributed by atoms with Crippen LogP contribution in [0.4, 0.5) is 0 Å². The van der Waals surface area contributed by atoms with Crippen molar-refractivity contribution in [2.24, 2.45) is 0 Å². The quantitative estimate of drug-likeness (QED) is 0.0348. The van der Waals surface area contributed by atoms with Crippen LogP contribution >= 0.6 is 0 Å². The Labute approximate surface area is 381 Å². The van der Waals surface area contributed by atoms with Gasteiger partial charge in [-0.05, 0) is 122 Å². The minimum Gasteiger partial charge on any atom is -0.462 e. The molecule has 0 aromatic carbocycles. The van der Waals surface area contributed by atoms with Crippen LogP contribution in [0.25, 0.3) is 0 Å². The van der Waals surface area contributed by atoms with E-state index in [0.29, 0.717) is 25.9 Å². The van der Waals surface area contributed by atoms with Gasteiger partial charge in [0.2, 0.25) is 0 Å². The van der Waals surface area contributed by atoms with Gasteiger partial charge in [-0.3, -0.25) is 9.59 Å². The average molecular weight is 853 g/mol. The van der Waals surface area contributed by atoms with Gasteiger partial charge < -0.3 is 14.2 Å². The number of ether oxygens (including phenoxy) is 3. The summed E-state index contributed by atoms with van der Waals surface area (Å²) in [5.41, 5.74) is 0. The van der Waals surface area contributed by atoms with E-state index in [-0.39, 0.29) is 25.2 Å². The van der Waals surface area contributed by atoms with E-state index in [0.717, 1.165) is 128 Å². The second-order valence-electron chi connectivity index (χ2n) is 15.2. The van der Waals surface area contributed by atoms with Gasteiger partial charge in [-0.1, -0.05) is 186 Å². The van der Waals surface area contributed by atoms with E-state index < -0.39 is 6.10 Å². The molecule has 0 radical (unpaired) electrons. The third-order valence-electron chi connectivity index (χ3n) is 9.35. The second kappa shape index (κ2) is 51.1. The van der Waals surface area contributed by atoms with Crippen LogP contribution in [-0.2, 0) is 23.8 Å². The third-order valence-corrected chi connectivity index (χ3v) is 9.35. The molecular weight excluding hydrogens is 765 g/mol. The standard InChI is InChI=1S/C57H88O5/c1-4-7-10-13-16-19-22-25-28-29-31-32-35-38-41-44-47-50-56(58)61-54-55(53-60-52-49-46-43-40-37-34-27-24-21-18-15-12-9-6-3)62-57(59)51-48-45-42-39-36-33-30-26-23-20-17-14-11-8-5-2/h7-12,16-21,25-28,30-32,34,38,40-41,43,55H,4-6,13-15,22-24,29,33,35-37,39,42,44-54H2,1-3H3/b10-7-,11-8-,12-9-,19-16-,20-17-,21-18-,28-25-,30-26-,32-31-,34-27-,41-38-,43-40-. The molecule has 1 unspecified atom stereocenters. The molecular formula is C57H88O5. The first-order valence-corrected chi connectivity index (χ1v) is 24.4. The van der Waals surface area contributed by atoms with Crippen molar-refractivity contribution in [3.8, 4) is 0 Å². The van der Waals surface area contributed by atoms with Gasteiger partial charge in [0.05, 0.1) is 6.61 Å². The van der Waals surface area contributed by atoms with Crippen molar-refractivity contribution < 1.29 is 23.8 Å². The predicted molar refractivity (Wildman–Crippen MR) is 269 cm³/mol. The minimum atomic E-state index is -0.607. The molecule has 346 valence electrons. The minimum absolute atomic E-state index is 0.0162. The fourth-order valence-electron chi connectivity index (χ4n) is 5.86. The summed E-state index contributed by atoms with van der Waals surface area (Å²) in [5.74, 6) is -0.530. The normalized spacial score (nSPS) is 13.5. The summed E-state index contributed by atoms with van der Waals surface area (Å²) in [6.45, 7) is 7.24. The zero-order valence-electron chi connectivity index (χ0n) is 39.6. The summed E-state index contributed by atoms with van der Waals surface area (Å²) in [4.78, 5) is 25.3. The molecule has 5 heteroatoms. The molecule has 0 amide bonds. The van der Waals surface area contributed by atoms with E-state index in [1.165, 1.54) is 6.42 Å². The first kappa shape index (κ1) is 57.8. The van der Waals surface area contributed by atoms with Crippen LogP contribution in [0.1, 0.15) is 175 Å². The van der Waals surface area contributed by atoms with Crippen LogP contribution < -0.4 is 0 Å². The van der Waals surface area contributed by atoms with Crippen LogP contribution in [0, 0.1) is 0 Å². The smallest absolute Gasteiger partial charge is 0.306 e. The number of hydrogen-bond acceptors (Lipinski definition) is 5. The SMILES string of the molecule is CC/C=C\C/C=C\C/C=C\C/C=C\C/C=C\CCCC(=O)OCC(COCCC/C=C\C/C=C\C/C=C\C/C=C\CC)OC(=O)CCCCCCC/C=C\C/C=C\C/C=C\CC. The lowest BCUT2D eigenvalue weighted by Crippen LogP contribution is -2.30. The van der Waals surface area contributed by atoms with E-state index in [2.05, 4.69) is 167 Å². The molecule has 0 aliphatic rings. The van der Waals surface area contributed by atoms with E-state index in [4.69, 9.17) is 14.2 Å². The van der Waals surface area contributed by atoms with Gasteiger partial charge in [0, 0.05) is 19.4 Å². The van der Waals surface area contributed by atoms with E-state index >= 15 is 0 Å². The lowest BCUT2D eigenvalue weighted by atomic mass is 10.1. The summed E-state index contributed by atoms with van der Waals surface area (Å²) in [6.07, 6.45) is 74.4. The molecule has 0 aromatic rings. The molecule has 0 heterocycles. The topological polar surface area (TPSA) is 61.8 Å². The molecule has 62 heavy (non-hydrogen) atoms. The molecule has 0 rings (SSSR count). The molecule has 0 bridgehead atoms. The highest BCUT2D eigenvalue weighted by Crippen LogP contribution is 2.11. The Morgan fingerprint density at radius 1 is 0.355 bits per heavy atom. The Morgan fingerprint density at radius 2 is 0.694 bits per heavy atom. The molecule has 0 saturated heterocycles. The van der Waals surface area contributed by atoms with Gasteiger partial charge in [-0.2, -0.15) is 0 Å². The molecule has 0 aliphatic carbocycles. The van der Waals surface area contributed by atoms with Gasteiger partial charge in [-0.15, -0.1) is 0 Å². The lowest BCUT2D eigenvalue weighted by Gasteiger charge is -2.18. The van der Waals surface area contributed by atoms with E-state index in [1.54, 1.807) is 0 Å². The highest BCUT2D eigenvalue weighted by Gasteiger charge is 2.17. The summed E-state index contributed by atoms with van der Waals surface area (Å²) in [7, 11) is 0. The molecule has 0 fully saturated rings. The van der Waals surface area contributed by atoms with Crippen molar-refractivity contribution in [3.63, 3.8) is 0 Å². The number of carbonyl (C=O) groups is 2. The third kappa shape index (κ3) is 48.4. The highest BCUT2D eigenvalue weighted by molar-refractivity contribution is 5.70. The van der Waals surface area contributed by atoms with Crippen LogP contribution in [-0.4, -0.2) is 37.9 Å². The zero-order chi connectivity index (χ0) is 44.9. The first-order valence-electron chi connectivity index (χ1n) is 24.4. The summed E-state index contributed by atoms with van der Waals surface area (Å²) < 4.78 is 17.2. The number of rotatable bonds is 42. The summed E-state index contributed by atoms with van der Waals surface area (Å²) >= 11 is 0. The van der Waals surface area contributed by atoms with Gasteiger partial charge in [0.15, 0.2) is 6.10 Å². The van der Waals surface area contributed by atoms with Crippen molar-refractivity contribution in [2.75, 3.05) is 19.8 Å². The molecule has 5 nitrogen and oxygen atoms in total. The van der Waals surface area contributed by atoms with Crippen LogP contribution in [0.2, 0.25) is 0 Å². The van der Waals surface area contributed by atoms with Gasteiger partial charge in [0.1, 0.15) is 6.61 Å². The van der Waals surface area contributed by atoms with Gasteiger partial charge in [0.25, 0.3) is 0 Å². The Morgan fingerprint density at radius 3 is 1.13 bits per heavy atom. The van der Waals surface area contributed by atoms with Crippen molar-refractivity contribution in [3.05, 3.63) is 146 Å². The van der Waals surface area contributed by atoms with Crippen molar-refractivity contribution >= 4 is 11.9 Å². The molecule has 0 aliphatic heterocycles. The van der Waals surface area contributed by atoms with Crippen LogP contribution in [0.15, 0.2) is 146 Å². The van der Waals surface area contributed by atoms with Crippen molar-refractivity contribution in [1.82, 2.24) is 0 Å². The fraction of sp³-hybridized carbons (Fsp3) is 0.544. The molecule has 1 atom stereocenters. The highest BCUT2D eigenvalue weighted by atomic mass is 16.6. The first-order chi connectivity index (χ1) is 30.6. The van der Waals surface area contributed by atoms with Crippen LogP contribution in [0.3, 0.4) is 0 Å². The monoisotopic (exact) mass is 853 g/mol. The number of carbonyl (C=O) groups excluding carboxylic acids is 2. The fourth-order valence-corrected chi connectivity index (χ4v) is 5.86. The van der Waals surface area contributed by atoms with E-state index in [1.807, 2.05) is 0 Å². The molecule has 0 spiro atoms. The number of allylic oxidation sites excluding steroid dienone is 24. The summed E-state index contributed by atoms with van der Waals surface area (Å²) in [5, 5.41) is 0. The molecule has 0 aromatic heterocycles. The number of unbranched alkanes of at least 4 members (excludes halogenated alkanes) is 7. The predicted octanol–water partition coefficient (Wildman–Crippen LogP) is 16.6. The number of esters is 2. The maximum atomic E-state index is 12.8. The largest absolute Gasteiger partial charge is 0.462 e.